The molecule has 0 atom stereocenters. The molecule has 0 spiro atoms. The lowest BCUT2D eigenvalue weighted by atomic mass is 10.2. The molecular weight excluding hydrogens is 265 g/mol. The summed E-state index contributed by atoms with van der Waals surface area (Å²) in [5.41, 5.74) is 1.96. The van der Waals surface area contributed by atoms with Gasteiger partial charge in [-0.25, -0.2) is 9.37 Å². The number of hydrogen-bond acceptors (Lipinski definition) is 4. The summed E-state index contributed by atoms with van der Waals surface area (Å²) < 4.78 is 13.8. The Hall–Kier alpha value is -2.26. The van der Waals surface area contributed by atoms with Crippen molar-refractivity contribution >= 4 is 22.9 Å². The number of para-hydroxylation sites is 1. The molecule has 19 heavy (non-hydrogen) atoms. The highest BCUT2D eigenvalue weighted by Crippen LogP contribution is 2.21. The quantitative estimate of drug-likeness (QED) is 0.862. The number of carbonyl (C=O) groups is 1. The van der Waals surface area contributed by atoms with Crippen molar-refractivity contribution in [2.24, 2.45) is 0 Å². The van der Waals surface area contributed by atoms with Gasteiger partial charge in [0.25, 0.3) is 5.91 Å². The number of anilines is 1. The fourth-order valence-corrected chi connectivity index (χ4v) is 2.15. The monoisotopic (exact) mass is 275 g/mol. The van der Waals surface area contributed by atoms with E-state index >= 15 is 0 Å². The van der Waals surface area contributed by atoms with Crippen LogP contribution in [0.4, 0.5) is 10.1 Å². The third kappa shape index (κ3) is 2.95. The van der Waals surface area contributed by atoms with E-state index in [0.717, 1.165) is 0 Å². The number of thiazole rings is 1. The van der Waals surface area contributed by atoms with Gasteiger partial charge in [-0.3, -0.25) is 4.79 Å². The fraction of sp³-hybridized carbons (Fsp3) is 0.154. The number of amides is 1. The van der Waals surface area contributed by atoms with Crippen LogP contribution in [0.15, 0.2) is 35.2 Å². The maximum absolute atomic E-state index is 13.8. The lowest BCUT2D eigenvalue weighted by molar-refractivity contribution is 0.0982. The number of nitriles is 1. The molecule has 1 heterocycles. The van der Waals surface area contributed by atoms with Crippen molar-refractivity contribution in [3.05, 3.63) is 46.7 Å². The molecule has 0 N–H and O–H groups in total. The van der Waals surface area contributed by atoms with Gasteiger partial charge in [0.2, 0.25) is 0 Å². The Morgan fingerprint density at radius 3 is 2.89 bits per heavy atom. The molecule has 0 aliphatic carbocycles. The molecule has 2 rings (SSSR count). The predicted molar refractivity (Wildman–Crippen MR) is 70.4 cm³/mol. The molecule has 0 bridgehead atoms. The SMILES string of the molecule is N#CCCN(C(=O)c1cscn1)c1ccccc1F. The molecule has 96 valence electrons. The largest absolute Gasteiger partial charge is 0.303 e. The normalized spacial score (nSPS) is 9.89. The Labute approximate surface area is 113 Å². The molecule has 1 aromatic carbocycles. The van der Waals surface area contributed by atoms with Crippen LogP contribution in [-0.4, -0.2) is 17.4 Å². The first-order valence-electron chi connectivity index (χ1n) is 5.55. The summed E-state index contributed by atoms with van der Waals surface area (Å²) in [4.78, 5) is 17.4. The number of carbonyl (C=O) groups excluding carboxylic acids is 1. The summed E-state index contributed by atoms with van der Waals surface area (Å²) in [6.07, 6.45) is 0.129. The Kier molecular flexibility index (Phi) is 4.21. The number of hydrogen-bond donors (Lipinski definition) is 0. The predicted octanol–water partition coefficient (Wildman–Crippen LogP) is 2.84. The Morgan fingerprint density at radius 1 is 1.47 bits per heavy atom. The van der Waals surface area contributed by atoms with E-state index in [1.165, 1.54) is 33.9 Å². The number of aromatic nitrogens is 1. The highest BCUT2D eigenvalue weighted by molar-refractivity contribution is 7.07. The van der Waals surface area contributed by atoms with Crippen molar-refractivity contribution in [2.45, 2.75) is 6.42 Å². The minimum atomic E-state index is -0.496. The first kappa shape index (κ1) is 13.2. The van der Waals surface area contributed by atoms with Crippen molar-refractivity contribution in [1.29, 1.82) is 5.26 Å². The first-order chi connectivity index (χ1) is 9.24. The molecule has 1 amide bonds. The Bertz CT molecular complexity index is 607. The third-order valence-electron chi connectivity index (χ3n) is 2.49. The van der Waals surface area contributed by atoms with Gasteiger partial charge < -0.3 is 4.90 Å². The number of halogens is 1. The second-order valence-electron chi connectivity index (χ2n) is 3.69. The summed E-state index contributed by atoms with van der Waals surface area (Å²) in [6, 6.07) is 7.94. The van der Waals surface area contributed by atoms with Crippen LogP contribution in [0.3, 0.4) is 0 Å². The van der Waals surface area contributed by atoms with Gasteiger partial charge in [0.15, 0.2) is 0 Å². The lowest BCUT2D eigenvalue weighted by Gasteiger charge is -2.21. The minimum Gasteiger partial charge on any atom is -0.303 e. The Balaban J connectivity index is 2.34. The molecule has 0 unspecified atom stereocenters. The zero-order chi connectivity index (χ0) is 13.7. The zero-order valence-corrected chi connectivity index (χ0v) is 10.7. The van der Waals surface area contributed by atoms with Crippen LogP contribution in [0.5, 0.6) is 0 Å². The number of rotatable bonds is 4. The van der Waals surface area contributed by atoms with Gasteiger partial charge in [0.1, 0.15) is 11.5 Å². The molecular formula is C13H10FN3OS. The van der Waals surface area contributed by atoms with Crippen LogP contribution in [0.1, 0.15) is 16.9 Å². The fourth-order valence-electron chi connectivity index (χ4n) is 1.62. The lowest BCUT2D eigenvalue weighted by Crippen LogP contribution is -2.32. The molecule has 0 fully saturated rings. The van der Waals surface area contributed by atoms with Crippen molar-refractivity contribution in [2.75, 3.05) is 11.4 Å². The van der Waals surface area contributed by atoms with Gasteiger partial charge in [-0.05, 0) is 12.1 Å². The van der Waals surface area contributed by atoms with Crippen LogP contribution in [0, 0.1) is 17.1 Å². The molecule has 0 radical (unpaired) electrons. The van der Waals surface area contributed by atoms with Crippen LogP contribution in [-0.2, 0) is 0 Å². The first-order valence-corrected chi connectivity index (χ1v) is 6.50. The van der Waals surface area contributed by atoms with Crippen molar-refractivity contribution in [1.82, 2.24) is 4.98 Å². The average Bonchev–Trinajstić information content (AvgIpc) is 2.94. The van der Waals surface area contributed by atoms with Crippen molar-refractivity contribution in [3.63, 3.8) is 0 Å². The van der Waals surface area contributed by atoms with Crippen LogP contribution >= 0.6 is 11.3 Å². The van der Waals surface area contributed by atoms with E-state index in [-0.39, 0.29) is 24.3 Å². The average molecular weight is 275 g/mol. The van der Waals surface area contributed by atoms with E-state index in [4.69, 9.17) is 5.26 Å². The highest BCUT2D eigenvalue weighted by atomic mass is 32.1. The molecule has 0 aliphatic heterocycles. The van der Waals surface area contributed by atoms with Crippen LogP contribution in [0.25, 0.3) is 0 Å². The molecule has 4 nitrogen and oxygen atoms in total. The van der Waals surface area contributed by atoms with E-state index in [1.807, 2.05) is 6.07 Å². The Morgan fingerprint density at radius 2 is 2.26 bits per heavy atom. The molecule has 0 saturated carbocycles. The number of benzene rings is 1. The summed E-state index contributed by atoms with van der Waals surface area (Å²) in [5, 5.41) is 10.2. The van der Waals surface area contributed by atoms with Crippen molar-refractivity contribution < 1.29 is 9.18 Å². The van der Waals surface area contributed by atoms with Gasteiger partial charge >= 0.3 is 0 Å². The maximum Gasteiger partial charge on any atom is 0.277 e. The molecule has 6 heteroatoms. The summed E-state index contributed by atoms with van der Waals surface area (Å²) in [5.74, 6) is -0.898. The van der Waals surface area contributed by atoms with Gasteiger partial charge in [-0.15, -0.1) is 11.3 Å². The highest BCUT2D eigenvalue weighted by Gasteiger charge is 2.21. The van der Waals surface area contributed by atoms with E-state index in [0.29, 0.717) is 0 Å². The van der Waals surface area contributed by atoms with Crippen LogP contribution < -0.4 is 4.90 Å². The van der Waals surface area contributed by atoms with Crippen LogP contribution in [0.2, 0.25) is 0 Å². The standard InChI is InChI=1S/C13H10FN3OS/c14-10-4-1-2-5-12(10)17(7-3-6-15)13(18)11-8-19-9-16-11/h1-2,4-5,8-9H,3,7H2. The molecule has 1 aromatic heterocycles. The van der Waals surface area contributed by atoms with E-state index in [9.17, 15) is 9.18 Å². The van der Waals surface area contributed by atoms with E-state index in [1.54, 1.807) is 17.5 Å². The maximum atomic E-state index is 13.8. The van der Waals surface area contributed by atoms with Gasteiger partial charge in [-0.1, -0.05) is 12.1 Å². The topological polar surface area (TPSA) is 57.0 Å². The zero-order valence-electron chi connectivity index (χ0n) is 9.91. The second-order valence-corrected chi connectivity index (χ2v) is 4.41. The van der Waals surface area contributed by atoms with Gasteiger partial charge in [-0.2, -0.15) is 5.26 Å². The molecule has 0 saturated heterocycles. The minimum absolute atomic E-state index is 0.129. The van der Waals surface area contributed by atoms with Gasteiger partial charge in [0.05, 0.1) is 23.7 Å². The van der Waals surface area contributed by atoms with Gasteiger partial charge in [0, 0.05) is 11.9 Å². The molecule has 2 aromatic rings. The number of nitrogens with zero attached hydrogens (tertiary/aromatic N) is 3. The van der Waals surface area contributed by atoms with E-state index < -0.39 is 11.7 Å². The summed E-state index contributed by atoms with van der Waals surface area (Å²) in [7, 11) is 0. The molecule has 0 aliphatic rings. The third-order valence-corrected chi connectivity index (χ3v) is 3.07. The summed E-state index contributed by atoms with van der Waals surface area (Å²) in [6.45, 7) is 0.133. The second kappa shape index (κ2) is 6.07. The van der Waals surface area contributed by atoms with E-state index in [2.05, 4.69) is 4.98 Å². The van der Waals surface area contributed by atoms with Crippen molar-refractivity contribution in [3.8, 4) is 6.07 Å². The summed E-state index contributed by atoms with van der Waals surface area (Å²) >= 11 is 1.29. The smallest absolute Gasteiger partial charge is 0.277 e.